The number of halogens is 1. The summed E-state index contributed by atoms with van der Waals surface area (Å²) in [5.74, 6) is 0.474. The van der Waals surface area contributed by atoms with Crippen molar-refractivity contribution < 1.29 is 9.13 Å². The predicted octanol–water partition coefficient (Wildman–Crippen LogP) is 3.58. The SMILES string of the molecule is Cc1ccc(C#N)nc1Oc1c[nH]nc1-c1ccc(F)cc1. The molecular formula is C16H11FN4O. The van der Waals surface area contributed by atoms with Crippen molar-refractivity contribution in [3.8, 4) is 29.0 Å². The maximum Gasteiger partial charge on any atom is 0.223 e. The minimum Gasteiger partial charge on any atom is -0.435 e. The van der Waals surface area contributed by atoms with Crippen LogP contribution < -0.4 is 4.74 Å². The minimum atomic E-state index is -0.319. The van der Waals surface area contributed by atoms with Crippen molar-refractivity contribution in [3.63, 3.8) is 0 Å². The van der Waals surface area contributed by atoms with Crippen LogP contribution in [0.1, 0.15) is 11.3 Å². The van der Waals surface area contributed by atoms with Gasteiger partial charge in [0, 0.05) is 11.1 Å². The van der Waals surface area contributed by atoms with Crippen molar-refractivity contribution in [1.29, 1.82) is 5.26 Å². The van der Waals surface area contributed by atoms with E-state index in [0.717, 1.165) is 5.56 Å². The van der Waals surface area contributed by atoms with E-state index in [9.17, 15) is 4.39 Å². The Morgan fingerprint density at radius 1 is 1.18 bits per heavy atom. The summed E-state index contributed by atoms with van der Waals surface area (Å²) in [6, 6.07) is 11.3. The summed E-state index contributed by atoms with van der Waals surface area (Å²) in [6.45, 7) is 1.83. The van der Waals surface area contributed by atoms with Gasteiger partial charge in [0.25, 0.3) is 0 Å². The molecule has 0 spiro atoms. The molecule has 2 heterocycles. The smallest absolute Gasteiger partial charge is 0.223 e. The van der Waals surface area contributed by atoms with E-state index >= 15 is 0 Å². The number of nitrogens with zero attached hydrogens (tertiary/aromatic N) is 3. The van der Waals surface area contributed by atoms with Gasteiger partial charge in [0.05, 0.1) is 6.20 Å². The number of nitriles is 1. The summed E-state index contributed by atoms with van der Waals surface area (Å²) in [5.41, 5.74) is 2.33. The van der Waals surface area contributed by atoms with Gasteiger partial charge in [-0.15, -0.1) is 0 Å². The molecule has 0 fully saturated rings. The quantitative estimate of drug-likeness (QED) is 0.801. The monoisotopic (exact) mass is 294 g/mol. The highest BCUT2D eigenvalue weighted by atomic mass is 19.1. The number of aromatic amines is 1. The van der Waals surface area contributed by atoms with Gasteiger partial charge in [0.1, 0.15) is 23.3 Å². The molecule has 0 saturated heterocycles. The van der Waals surface area contributed by atoms with Gasteiger partial charge in [-0.3, -0.25) is 5.10 Å². The van der Waals surface area contributed by atoms with Crippen LogP contribution in [0.5, 0.6) is 11.6 Å². The van der Waals surface area contributed by atoms with Gasteiger partial charge in [-0.1, -0.05) is 6.07 Å². The Morgan fingerprint density at radius 3 is 2.68 bits per heavy atom. The van der Waals surface area contributed by atoms with Gasteiger partial charge in [-0.25, -0.2) is 9.37 Å². The van der Waals surface area contributed by atoms with E-state index in [1.165, 1.54) is 12.1 Å². The molecule has 1 aromatic carbocycles. The molecule has 2 aromatic heterocycles. The molecule has 0 aliphatic rings. The first-order chi connectivity index (χ1) is 10.7. The topological polar surface area (TPSA) is 74.6 Å². The van der Waals surface area contributed by atoms with Crippen LogP contribution in [0.2, 0.25) is 0 Å². The van der Waals surface area contributed by atoms with Crippen LogP contribution in [-0.4, -0.2) is 15.2 Å². The standard InChI is InChI=1S/C16H11FN4O/c1-10-2-7-13(8-18)20-16(10)22-14-9-19-21-15(14)11-3-5-12(17)6-4-11/h2-7,9H,1H3,(H,19,21). The number of pyridine rings is 1. The Labute approximate surface area is 126 Å². The summed E-state index contributed by atoms with van der Waals surface area (Å²) in [5, 5.41) is 15.8. The zero-order chi connectivity index (χ0) is 15.5. The van der Waals surface area contributed by atoms with E-state index in [2.05, 4.69) is 15.2 Å². The summed E-state index contributed by atoms with van der Waals surface area (Å²) < 4.78 is 18.8. The van der Waals surface area contributed by atoms with Crippen LogP contribution in [-0.2, 0) is 0 Å². The van der Waals surface area contributed by atoms with Gasteiger partial charge in [0.15, 0.2) is 5.75 Å². The molecule has 1 N–H and O–H groups in total. The maximum atomic E-state index is 13.0. The number of aromatic nitrogens is 3. The number of nitrogens with one attached hydrogen (secondary N) is 1. The van der Waals surface area contributed by atoms with E-state index in [-0.39, 0.29) is 11.5 Å². The second kappa shape index (κ2) is 5.66. The molecular weight excluding hydrogens is 283 g/mol. The molecule has 6 heteroatoms. The minimum absolute atomic E-state index is 0.271. The zero-order valence-corrected chi connectivity index (χ0v) is 11.7. The number of rotatable bonds is 3. The fourth-order valence-corrected chi connectivity index (χ4v) is 1.95. The van der Waals surface area contributed by atoms with E-state index in [1.807, 2.05) is 13.0 Å². The second-order valence-corrected chi connectivity index (χ2v) is 4.64. The largest absolute Gasteiger partial charge is 0.435 e. The third-order valence-electron chi connectivity index (χ3n) is 3.09. The van der Waals surface area contributed by atoms with Gasteiger partial charge in [0.2, 0.25) is 5.88 Å². The predicted molar refractivity (Wildman–Crippen MR) is 77.7 cm³/mol. The summed E-state index contributed by atoms with van der Waals surface area (Å²) in [6.07, 6.45) is 1.58. The Balaban J connectivity index is 1.96. The molecule has 0 aliphatic carbocycles. The first-order valence-corrected chi connectivity index (χ1v) is 6.52. The third kappa shape index (κ3) is 2.65. The summed E-state index contributed by atoms with van der Waals surface area (Å²) in [4.78, 5) is 4.13. The molecule has 0 saturated carbocycles. The van der Waals surface area contributed by atoms with Crippen molar-refractivity contribution in [2.75, 3.05) is 0 Å². The van der Waals surface area contributed by atoms with Crippen LogP contribution in [0.4, 0.5) is 4.39 Å². The highest BCUT2D eigenvalue weighted by Crippen LogP contribution is 2.31. The van der Waals surface area contributed by atoms with E-state index in [4.69, 9.17) is 10.00 Å². The summed E-state index contributed by atoms with van der Waals surface area (Å²) >= 11 is 0. The van der Waals surface area contributed by atoms with Gasteiger partial charge in [-0.05, 0) is 37.3 Å². The molecule has 5 nitrogen and oxygen atoms in total. The van der Waals surface area contributed by atoms with Crippen LogP contribution in [0.15, 0.2) is 42.6 Å². The Hall–Kier alpha value is -3.20. The first-order valence-electron chi connectivity index (χ1n) is 6.52. The van der Waals surface area contributed by atoms with Crippen molar-refractivity contribution in [2.45, 2.75) is 6.92 Å². The lowest BCUT2D eigenvalue weighted by atomic mass is 10.1. The first kappa shape index (κ1) is 13.8. The molecule has 0 atom stereocenters. The maximum absolute atomic E-state index is 13.0. The Kier molecular flexibility index (Phi) is 3.54. The van der Waals surface area contributed by atoms with Gasteiger partial charge in [-0.2, -0.15) is 10.4 Å². The average Bonchev–Trinajstić information content (AvgIpc) is 2.98. The van der Waals surface area contributed by atoms with Crippen molar-refractivity contribution in [1.82, 2.24) is 15.2 Å². The Bertz CT molecular complexity index is 849. The van der Waals surface area contributed by atoms with Crippen LogP contribution >= 0.6 is 0 Å². The van der Waals surface area contributed by atoms with Gasteiger partial charge < -0.3 is 4.74 Å². The molecule has 0 unspecified atom stereocenters. The van der Waals surface area contributed by atoms with E-state index < -0.39 is 0 Å². The van der Waals surface area contributed by atoms with Crippen LogP contribution in [0.3, 0.4) is 0 Å². The highest BCUT2D eigenvalue weighted by molar-refractivity contribution is 5.66. The molecule has 0 aliphatic heterocycles. The molecule has 0 bridgehead atoms. The van der Waals surface area contributed by atoms with Crippen LogP contribution in [0, 0.1) is 24.1 Å². The third-order valence-corrected chi connectivity index (χ3v) is 3.09. The molecule has 0 amide bonds. The summed E-state index contributed by atoms with van der Waals surface area (Å²) in [7, 11) is 0. The lowest BCUT2D eigenvalue weighted by molar-refractivity contribution is 0.460. The van der Waals surface area contributed by atoms with E-state index in [0.29, 0.717) is 22.9 Å². The average molecular weight is 294 g/mol. The molecule has 108 valence electrons. The van der Waals surface area contributed by atoms with Crippen LogP contribution in [0.25, 0.3) is 11.3 Å². The van der Waals surface area contributed by atoms with Crippen molar-refractivity contribution >= 4 is 0 Å². The van der Waals surface area contributed by atoms with Crippen molar-refractivity contribution in [3.05, 3.63) is 59.7 Å². The molecule has 3 aromatic rings. The lowest BCUT2D eigenvalue weighted by Gasteiger charge is -2.07. The number of ether oxygens (including phenoxy) is 1. The Morgan fingerprint density at radius 2 is 1.95 bits per heavy atom. The van der Waals surface area contributed by atoms with Crippen molar-refractivity contribution in [2.24, 2.45) is 0 Å². The number of benzene rings is 1. The lowest BCUT2D eigenvalue weighted by Crippen LogP contribution is -1.94. The number of aryl methyl sites for hydroxylation is 1. The second-order valence-electron chi connectivity index (χ2n) is 4.64. The van der Waals surface area contributed by atoms with E-state index in [1.54, 1.807) is 30.5 Å². The fourth-order valence-electron chi connectivity index (χ4n) is 1.95. The molecule has 3 rings (SSSR count). The highest BCUT2D eigenvalue weighted by Gasteiger charge is 2.13. The number of hydrogen-bond acceptors (Lipinski definition) is 4. The zero-order valence-electron chi connectivity index (χ0n) is 11.7. The molecule has 22 heavy (non-hydrogen) atoms. The number of hydrogen-bond donors (Lipinski definition) is 1. The normalized spacial score (nSPS) is 10.2. The van der Waals surface area contributed by atoms with Gasteiger partial charge >= 0.3 is 0 Å². The fraction of sp³-hybridized carbons (Fsp3) is 0.0625. The molecule has 0 radical (unpaired) electrons. The number of H-pyrrole nitrogens is 1.